The molecule has 2 rings (SSSR count). The molecule has 0 saturated carbocycles. The normalized spacial score (nSPS) is 24.9. The van der Waals surface area contributed by atoms with Gasteiger partial charge in [-0.2, -0.15) is 4.31 Å². The Hall–Kier alpha value is -1.12. The molecule has 4 nitrogen and oxygen atoms in total. The van der Waals surface area contributed by atoms with E-state index in [0.29, 0.717) is 19.2 Å². The Morgan fingerprint density at radius 1 is 1.10 bits per heavy atom. The van der Waals surface area contributed by atoms with Crippen LogP contribution in [0.4, 0.5) is 13.2 Å². The standard InChI is InChI=1S/C12H15F3N2O2S/c1-7-5-16-6-8(2)17(7)20(18,19)10-4-3-9(13)11(14)12(10)15/h3-4,7-8,16H,5-6H2,1-2H3. The monoisotopic (exact) mass is 308 g/mol. The van der Waals surface area contributed by atoms with Crippen LogP contribution in [0.2, 0.25) is 0 Å². The maximum absolute atomic E-state index is 13.7. The lowest BCUT2D eigenvalue weighted by Gasteiger charge is -2.38. The third-order valence-electron chi connectivity index (χ3n) is 3.30. The molecule has 8 heteroatoms. The fourth-order valence-electron chi connectivity index (χ4n) is 2.41. The number of piperazine rings is 1. The van der Waals surface area contributed by atoms with Crippen molar-refractivity contribution >= 4 is 10.0 Å². The quantitative estimate of drug-likeness (QED) is 0.842. The SMILES string of the molecule is CC1CNCC(C)N1S(=O)(=O)c1ccc(F)c(F)c1F. The van der Waals surface area contributed by atoms with Crippen LogP contribution in [0.1, 0.15) is 13.8 Å². The summed E-state index contributed by atoms with van der Waals surface area (Å²) in [4.78, 5) is -0.836. The van der Waals surface area contributed by atoms with Gasteiger partial charge < -0.3 is 5.32 Å². The zero-order valence-corrected chi connectivity index (χ0v) is 11.8. The van der Waals surface area contributed by atoms with Crippen LogP contribution in [-0.4, -0.2) is 37.9 Å². The summed E-state index contributed by atoms with van der Waals surface area (Å²) in [5.74, 6) is -4.87. The zero-order valence-electron chi connectivity index (χ0n) is 11.0. The smallest absolute Gasteiger partial charge is 0.246 e. The van der Waals surface area contributed by atoms with Gasteiger partial charge in [-0.3, -0.25) is 0 Å². The largest absolute Gasteiger partial charge is 0.314 e. The number of halogens is 3. The minimum Gasteiger partial charge on any atom is -0.314 e. The average molecular weight is 308 g/mol. The Morgan fingerprint density at radius 3 is 2.20 bits per heavy atom. The topological polar surface area (TPSA) is 49.4 Å². The summed E-state index contributed by atoms with van der Waals surface area (Å²) < 4.78 is 65.9. The van der Waals surface area contributed by atoms with Crippen LogP contribution < -0.4 is 5.32 Å². The third-order valence-corrected chi connectivity index (χ3v) is 5.45. The molecule has 1 aromatic rings. The Kier molecular flexibility index (Phi) is 4.08. The van der Waals surface area contributed by atoms with Gasteiger partial charge in [-0.05, 0) is 26.0 Å². The van der Waals surface area contributed by atoms with E-state index in [1.807, 2.05) is 0 Å². The van der Waals surface area contributed by atoms with E-state index in [0.717, 1.165) is 10.4 Å². The van der Waals surface area contributed by atoms with Gasteiger partial charge in [0.15, 0.2) is 17.5 Å². The zero-order chi connectivity index (χ0) is 15.1. The summed E-state index contributed by atoms with van der Waals surface area (Å²) in [7, 11) is -4.22. The van der Waals surface area contributed by atoms with E-state index in [4.69, 9.17) is 0 Å². The lowest BCUT2D eigenvalue weighted by molar-refractivity contribution is 0.219. The van der Waals surface area contributed by atoms with E-state index in [2.05, 4.69) is 5.32 Å². The van der Waals surface area contributed by atoms with Crippen molar-refractivity contribution in [2.24, 2.45) is 0 Å². The Bertz CT molecular complexity index is 611. The highest BCUT2D eigenvalue weighted by Crippen LogP contribution is 2.26. The van der Waals surface area contributed by atoms with Crippen LogP contribution in [0.15, 0.2) is 17.0 Å². The van der Waals surface area contributed by atoms with Crippen LogP contribution in [0.3, 0.4) is 0 Å². The van der Waals surface area contributed by atoms with Gasteiger partial charge in [0.2, 0.25) is 10.0 Å². The first-order chi connectivity index (χ1) is 9.26. The molecule has 0 spiro atoms. The number of benzene rings is 1. The molecule has 1 fully saturated rings. The molecule has 0 radical (unpaired) electrons. The molecule has 2 atom stereocenters. The predicted molar refractivity (Wildman–Crippen MR) is 67.1 cm³/mol. The maximum atomic E-state index is 13.7. The van der Waals surface area contributed by atoms with Gasteiger partial charge in [0, 0.05) is 25.2 Å². The summed E-state index contributed by atoms with van der Waals surface area (Å²) in [5, 5.41) is 3.04. The van der Waals surface area contributed by atoms with Crippen molar-refractivity contribution in [2.45, 2.75) is 30.8 Å². The highest BCUT2D eigenvalue weighted by molar-refractivity contribution is 7.89. The number of nitrogens with one attached hydrogen (secondary N) is 1. The second kappa shape index (κ2) is 5.34. The Balaban J connectivity index is 2.52. The van der Waals surface area contributed by atoms with Gasteiger partial charge in [-0.15, -0.1) is 0 Å². The number of hydrogen-bond donors (Lipinski definition) is 1. The maximum Gasteiger partial charge on any atom is 0.246 e. The van der Waals surface area contributed by atoms with Crippen molar-refractivity contribution < 1.29 is 21.6 Å². The molecule has 112 valence electrons. The van der Waals surface area contributed by atoms with Crippen molar-refractivity contribution in [3.8, 4) is 0 Å². The molecule has 2 unspecified atom stereocenters. The first-order valence-corrected chi connectivity index (χ1v) is 7.58. The summed E-state index contributed by atoms with van der Waals surface area (Å²) in [6, 6.07) is 0.556. The van der Waals surface area contributed by atoms with Crippen LogP contribution >= 0.6 is 0 Å². The molecule has 0 amide bonds. The molecule has 1 heterocycles. The van der Waals surface area contributed by atoms with Crippen LogP contribution in [0.5, 0.6) is 0 Å². The molecule has 0 aromatic heterocycles. The van der Waals surface area contributed by atoms with Crippen molar-refractivity contribution in [1.29, 1.82) is 0 Å². The van der Waals surface area contributed by atoms with Crippen LogP contribution in [0, 0.1) is 17.5 Å². The van der Waals surface area contributed by atoms with Gasteiger partial charge in [-0.1, -0.05) is 0 Å². The summed E-state index contributed by atoms with van der Waals surface area (Å²) >= 11 is 0. The van der Waals surface area contributed by atoms with E-state index < -0.39 is 44.5 Å². The second-order valence-electron chi connectivity index (χ2n) is 4.86. The fraction of sp³-hybridized carbons (Fsp3) is 0.500. The predicted octanol–water partition coefficient (Wildman–Crippen LogP) is 1.47. The number of hydrogen-bond acceptors (Lipinski definition) is 3. The molecule has 1 saturated heterocycles. The van der Waals surface area contributed by atoms with Gasteiger partial charge in [-0.25, -0.2) is 21.6 Å². The Morgan fingerprint density at radius 2 is 1.65 bits per heavy atom. The van der Waals surface area contributed by atoms with E-state index in [1.165, 1.54) is 0 Å². The first-order valence-electron chi connectivity index (χ1n) is 6.14. The molecule has 1 N–H and O–H groups in total. The van der Waals surface area contributed by atoms with Crippen molar-refractivity contribution in [1.82, 2.24) is 9.62 Å². The van der Waals surface area contributed by atoms with E-state index in [-0.39, 0.29) is 0 Å². The van der Waals surface area contributed by atoms with Crippen molar-refractivity contribution in [2.75, 3.05) is 13.1 Å². The van der Waals surface area contributed by atoms with Gasteiger partial charge in [0.1, 0.15) is 4.90 Å². The first kappa shape index (κ1) is 15.3. The molecule has 0 bridgehead atoms. The fourth-order valence-corrected chi connectivity index (χ4v) is 4.29. The Labute approximate surface area is 115 Å². The lowest BCUT2D eigenvalue weighted by atomic mass is 10.2. The van der Waals surface area contributed by atoms with Crippen molar-refractivity contribution in [3.63, 3.8) is 0 Å². The van der Waals surface area contributed by atoms with Gasteiger partial charge >= 0.3 is 0 Å². The minimum absolute atomic E-state index is 0.406. The molecule has 0 aliphatic carbocycles. The number of rotatable bonds is 2. The van der Waals surface area contributed by atoms with Crippen LogP contribution in [0.25, 0.3) is 0 Å². The molecule has 1 aliphatic rings. The van der Waals surface area contributed by atoms with Gasteiger partial charge in [0.05, 0.1) is 0 Å². The van der Waals surface area contributed by atoms with E-state index in [1.54, 1.807) is 13.8 Å². The van der Waals surface area contributed by atoms with E-state index >= 15 is 0 Å². The minimum atomic E-state index is -4.22. The third kappa shape index (κ3) is 2.43. The highest BCUT2D eigenvalue weighted by atomic mass is 32.2. The second-order valence-corrected chi connectivity index (χ2v) is 6.68. The summed E-state index contributed by atoms with van der Waals surface area (Å²) in [5.41, 5.74) is 0. The number of sulfonamides is 1. The van der Waals surface area contributed by atoms with Crippen LogP contribution in [-0.2, 0) is 10.0 Å². The molecule has 1 aromatic carbocycles. The summed E-state index contributed by atoms with van der Waals surface area (Å²) in [6.07, 6.45) is 0. The van der Waals surface area contributed by atoms with E-state index in [9.17, 15) is 21.6 Å². The van der Waals surface area contributed by atoms with Gasteiger partial charge in [0.25, 0.3) is 0 Å². The molecular formula is C12H15F3N2O2S. The molecule has 20 heavy (non-hydrogen) atoms. The summed E-state index contributed by atoms with van der Waals surface area (Å²) in [6.45, 7) is 4.15. The van der Waals surface area contributed by atoms with Crippen molar-refractivity contribution in [3.05, 3.63) is 29.6 Å². The molecule has 1 aliphatic heterocycles. The lowest BCUT2D eigenvalue weighted by Crippen LogP contribution is -2.57. The molecular weight excluding hydrogens is 293 g/mol. The average Bonchev–Trinajstić information content (AvgIpc) is 2.35. The number of nitrogens with zero attached hydrogens (tertiary/aromatic N) is 1. The highest BCUT2D eigenvalue weighted by Gasteiger charge is 2.38.